The first-order valence-corrected chi connectivity index (χ1v) is 5.47. The zero-order valence-corrected chi connectivity index (χ0v) is 9.35. The number of hydrogen-bond donors (Lipinski definition) is 0. The fraction of sp³-hybridized carbons (Fsp3) is 1.00. The molecule has 0 N–H and O–H groups in total. The van der Waals surface area contributed by atoms with E-state index in [2.05, 4.69) is 34.6 Å². The third-order valence-electron chi connectivity index (χ3n) is 3.39. The summed E-state index contributed by atoms with van der Waals surface area (Å²) in [6, 6.07) is 0. The van der Waals surface area contributed by atoms with Crippen LogP contribution in [0.4, 0.5) is 0 Å². The van der Waals surface area contributed by atoms with Gasteiger partial charge in [0.2, 0.25) is 0 Å². The van der Waals surface area contributed by atoms with Gasteiger partial charge in [0.1, 0.15) is 0 Å². The van der Waals surface area contributed by atoms with E-state index >= 15 is 0 Å². The van der Waals surface area contributed by atoms with Crippen molar-refractivity contribution < 1.29 is 0 Å². The molecule has 0 nitrogen and oxygen atoms in total. The van der Waals surface area contributed by atoms with Gasteiger partial charge in [0.15, 0.2) is 0 Å². The van der Waals surface area contributed by atoms with Crippen molar-refractivity contribution in [3.63, 3.8) is 0 Å². The molecular weight excluding hydrogens is 144 g/mol. The van der Waals surface area contributed by atoms with E-state index in [1.165, 1.54) is 19.3 Å². The lowest BCUT2D eigenvalue weighted by Crippen LogP contribution is -2.18. The molecule has 1 fully saturated rings. The summed E-state index contributed by atoms with van der Waals surface area (Å²) in [5.74, 6) is 2.95. The second-order valence-electron chi connectivity index (χ2n) is 5.60. The Labute approximate surface area is 77.7 Å². The average molecular weight is 168 g/mol. The molecule has 0 spiro atoms. The third-order valence-corrected chi connectivity index (χ3v) is 3.39. The van der Waals surface area contributed by atoms with Crippen LogP contribution < -0.4 is 0 Å². The molecule has 0 aromatic heterocycles. The van der Waals surface area contributed by atoms with Crippen LogP contribution in [0.3, 0.4) is 0 Å². The summed E-state index contributed by atoms with van der Waals surface area (Å²) in [6.07, 6.45) is 4.29. The van der Waals surface area contributed by atoms with Crippen molar-refractivity contribution in [1.29, 1.82) is 0 Å². The minimum absolute atomic E-state index is 0.606. The second-order valence-corrected chi connectivity index (χ2v) is 5.60. The lowest BCUT2D eigenvalue weighted by atomic mass is 9.78. The van der Waals surface area contributed by atoms with Gasteiger partial charge in [0.25, 0.3) is 0 Å². The predicted octanol–water partition coefficient (Wildman–Crippen LogP) is 4.10. The lowest BCUT2D eigenvalue weighted by Gasteiger charge is -2.27. The Balaban J connectivity index is 2.39. The topological polar surface area (TPSA) is 0 Å². The summed E-state index contributed by atoms with van der Waals surface area (Å²) in [5, 5.41) is 0. The Bertz CT molecular complexity index is 144. The standard InChI is InChI=1S/C12H24/c1-6-10-7-11(10)12(4,5)8-9(2)3/h9-11H,6-8H2,1-5H3. The van der Waals surface area contributed by atoms with E-state index in [0.29, 0.717) is 5.41 Å². The molecule has 0 radical (unpaired) electrons. The van der Waals surface area contributed by atoms with Crippen LogP contribution in [0.1, 0.15) is 53.9 Å². The van der Waals surface area contributed by atoms with Gasteiger partial charge in [-0.2, -0.15) is 0 Å². The largest absolute Gasteiger partial charge is 0.0651 e. The minimum Gasteiger partial charge on any atom is -0.0651 e. The normalized spacial score (nSPS) is 29.5. The summed E-state index contributed by atoms with van der Waals surface area (Å²) in [6.45, 7) is 11.9. The molecule has 0 aliphatic heterocycles. The highest BCUT2D eigenvalue weighted by Gasteiger charge is 2.45. The number of rotatable bonds is 4. The van der Waals surface area contributed by atoms with Crippen LogP contribution >= 0.6 is 0 Å². The van der Waals surface area contributed by atoms with Gasteiger partial charge in [-0.1, -0.05) is 41.0 Å². The molecule has 0 aromatic carbocycles. The Hall–Kier alpha value is 0. The summed E-state index contributed by atoms with van der Waals surface area (Å²) >= 11 is 0. The van der Waals surface area contributed by atoms with Crippen molar-refractivity contribution in [2.45, 2.75) is 53.9 Å². The first-order valence-electron chi connectivity index (χ1n) is 5.47. The number of hydrogen-bond acceptors (Lipinski definition) is 0. The van der Waals surface area contributed by atoms with Crippen LogP contribution in [0, 0.1) is 23.2 Å². The first kappa shape index (κ1) is 10.1. The van der Waals surface area contributed by atoms with Gasteiger partial charge in [0.05, 0.1) is 0 Å². The van der Waals surface area contributed by atoms with Crippen molar-refractivity contribution in [1.82, 2.24) is 0 Å². The van der Waals surface area contributed by atoms with Crippen molar-refractivity contribution in [3.8, 4) is 0 Å². The van der Waals surface area contributed by atoms with Gasteiger partial charge < -0.3 is 0 Å². The molecule has 2 atom stereocenters. The summed E-state index contributed by atoms with van der Waals surface area (Å²) in [4.78, 5) is 0. The molecule has 1 saturated carbocycles. The van der Waals surface area contributed by atoms with Crippen molar-refractivity contribution in [3.05, 3.63) is 0 Å². The van der Waals surface area contributed by atoms with E-state index in [4.69, 9.17) is 0 Å². The fourth-order valence-electron chi connectivity index (χ4n) is 2.86. The minimum atomic E-state index is 0.606. The molecule has 12 heavy (non-hydrogen) atoms. The van der Waals surface area contributed by atoms with E-state index in [0.717, 1.165) is 17.8 Å². The molecule has 0 saturated heterocycles. The Kier molecular flexibility index (Phi) is 2.85. The van der Waals surface area contributed by atoms with Gasteiger partial charge in [0, 0.05) is 0 Å². The smallest absolute Gasteiger partial charge is 0.0321 e. The molecule has 0 amide bonds. The van der Waals surface area contributed by atoms with Crippen LogP contribution in [0.15, 0.2) is 0 Å². The van der Waals surface area contributed by atoms with Crippen LogP contribution in [-0.2, 0) is 0 Å². The SMILES string of the molecule is CCC1CC1C(C)(C)CC(C)C. The zero-order valence-electron chi connectivity index (χ0n) is 9.35. The molecule has 72 valence electrons. The van der Waals surface area contributed by atoms with Crippen LogP contribution in [0.5, 0.6) is 0 Å². The van der Waals surface area contributed by atoms with Gasteiger partial charge in [-0.05, 0) is 36.0 Å². The van der Waals surface area contributed by atoms with Crippen molar-refractivity contribution in [2.24, 2.45) is 23.2 Å². The molecule has 1 rings (SSSR count). The second kappa shape index (κ2) is 3.40. The van der Waals surface area contributed by atoms with E-state index in [-0.39, 0.29) is 0 Å². The van der Waals surface area contributed by atoms with Gasteiger partial charge in [-0.15, -0.1) is 0 Å². The van der Waals surface area contributed by atoms with Gasteiger partial charge in [-0.25, -0.2) is 0 Å². The Morgan fingerprint density at radius 1 is 1.33 bits per heavy atom. The quantitative estimate of drug-likeness (QED) is 0.592. The maximum Gasteiger partial charge on any atom is -0.0321 e. The molecule has 1 aliphatic carbocycles. The summed E-state index contributed by atoms with van der Waals surface area (Å²) < 4.78 is 0. The van der Waals surface area contributed by atoms with Crippen LogP contribution in [-0.4, -0.2) is 0 Å². The Morgan fingerprint density at radius 3 is 2.25 bits per heavy atom. The maximum atomic E-state index is 2.45. The Morgan fingerprint density at radius 2 is 1.92 bits per heavy atom. The van der Waals surface area contributed by atoms with Crippen LogP contribution in [0.25, 0.3) is 0 Å². The first-order chi connectivity index (χ1) is 5.47. The summed E-state index contributed by atoms with van der Waals surface area (Å²) in [7, 11) is 0. The fourth-order valence-corrected chi connectivity index (χ4v) is 2.86. The highest BCUT2D eigenvalue weighted by molar-refractivity contribution is 4.95. The molecule has 0 heterocycles. The molecule has 0 bridgehead atoms. The molecule has 1 aliphatic rings. The molecular formula is C12H24. The van der Waals surface area contributed by atoms with Crippen LogP contribution in [0.2, 0.25) is 0 Å². The maximum absolute atomic E-state index is 2.45. The zero-order chi connectivity index (χ0) is 9.35. The third kappa shape index (κ3) is 2.24. The highest BCUT2D eigenvalue weighted by atomic mass is 14.5. The lowest BCUT2D eigenvalue weighted by molar-refractivity contribution is 0.231. The molecule has 0 aromatic rings. The van der Waals surface area contributed by atoms with E-state index < -0.39 is 0 Å². The highest BCUT2D eigenvalue weighted by Crippen LogP contribution is 2.54. The van der Waals surface area contributed by atoms with E-state index in [9.17, 15) is 0 Å². The van der Waals surface area contributed by atoms with Gasteiger partial charge >= 0.3 is 0 Å². The van der Waals surface area contributed by atoms with E-state index in [1.54, 1.807) is 0 Å². The molecule has 0 heteroatoms. The van der Waals surface area contributed by atoms with E-state index in [1.807, 2.05) is 0 Å². The summed E-state index contributed by atoms with van der Waals surface area (Å²) in [5.41, 5.74) is 0.606. The monoisotopic (exact) mass is 168 g/mol. The van der Waals surface area contributed by atoms with Crippen molar-refractivity contribution >= 4 is 0 Å². The van der Waals surface area contributed by atoms with Crippen molar-refractivity contribution in [2.75, 3.05) is 0 Å². The molecule has 2 unspecified atom stereocenters. The average Bonchev–Trinajstić information content (AvgIpc) is 2.61. The predicted molar refractivity (Wildman–Crippen MR) is 55.1 cm³/mol. The van der Waals surface area contributed by atoms with Gasteiger partial charge in [-0.3, -0.25) is 0 Å².